The number of aliphatic carboxylic acids is 1. The van der Waals surface area contributed by atoms with Crippen LogP contribution in [-0.4, -0.2) is 39.5 Å². The summed E-state index contributed by atoms with van der Waals surface area (Å²) in [6.07, 6.45) is 1.85. The number of carbonyl (C=O) groups is 2. The van der Waals surface area contributed by atoms with Gasteiger partial charge in [-0.2, -0.15) is 0 Å². The van der Waals surface area contributed by atoms with E-state index in [4.69, 9.17) is 16.7 Å². The highest BCUT2D eigenvalue weighted by molar-refractivity contribution is 7.23. The van der Waals surface area contributed by atoms with Crippen molar-refractivity contribution in [1.29, 1.82) is 0 Å². The summed E-state index contributed by atoms with van der Waals surface area (Å²) in [5.41, 5.74) is 0.723. The highest BCUT2D eigenvalue weighted by Gasteiger charge is 2.30. The Morgan fingerprint density at radius 1 is 1.43 bits per heavy atom. The maximum absolute atomic E-state index is 12.4. The Hall–Kier alpha value is -1.44. The van der Waals surface area contributed by atoms with Crippen molar-refractivity contribution in [3.8, 4) is 9.88 Å². The summed E-state index contributed by atoms with van der Waals surface area (Å²) in [6, 6.07) is 3.56. The van der Waals surface area contributed by atoms with Crippen molar-refractivity contribution in [2.75, 3.05) is 6.54 Å². The highest BCUT2D eigenvalue weighted by atomic mass is 35.5. The van der Waals surface area contributed by atoms with Gasteiger partial charge in [0, 0.05) is 18.0 Å². The topological polar surface area (TPSA) is 70.5 Å². The smallest absolute Gasteiger partial charge is 0.305 e. The van der Waals surface area contributed by atoms with Crippen molar-refractivity contribution in [2.24, 2.45) is 0 Å². The summed E-state index contributed by atoms with van der Waals surface area (Å²) in [7, 11) is 0. The van der Waals surface area contributed by atoms with Gasteiger partial charge in [-0.25, -0.2) is 4.98 Å². The third-order valence-electron chi connectivity index (χ3n) is 3.78. The van der Waals surface area contributed by atoms with E-state index in [1.165, 1.54) is 22.7 Å². The molecule has 3 heterocycles. The van der Waals surface area contributed by atoms with Gasteiger partial charge in [0.2, 0.25) is 5.91 Å². The van der Waals surface area contributed by atoms with Crippen LogP contribution in [0.3, 0.4) is 0 Å². The molecule has 1 amide bonds. The summed E-state index contributed by atoms with van der Waals surface area (Å²) >= 11 is 8.88. The van der Waals surface area contributed by atoms with E-state index in [1.807, 2.05) is 17.5 Å². The van der Waals surface area contributed by atoms with Gasteiger partial charge in [-0.15, -0.1) is 22.7 Å². The van der Waals surface area contributed by atoms with Crippen LogP contribution < -0.4 is 0 Å². The van der Waals surface area contributed by atoms with Crippen LogP contribution in [0.4, 0.5) is 0 Å². The van der Waals surface area contributed by atoms with Crippen LogP contribution in [0.2, 0.25) is 4.34 Å². The Balaban J connectivity index is 1.66. The maximum Gasteiger partial charge on any atom is 0.305 e. The van der Waals surface area contributed by atoms with E-state index in [0.29, 0.717) is 10.9 Å². The molecule has 2 aromatic heterocycles. The normalized spacial score (nSPS) is 17.6. The van der Waals surface area contributed by atoms with Crippen molar-refractivity contribution in [1.82, 2.24) is 9.88 Å². The molecule has 8 heteroatoms. The molecule has 1 unspecified atom stereocenters. The van der Waals surface area contributed by atoms with Crippen molar-refractivity contribution >= 4 is 46.2 Å². The molecule has 0 radical (unpaired) electrons. The molecule has 1 saturated heterocycles. The molecule has 1 fully saturated rings. The van der Waals surface area contributed by atoms with E-state index in [1.54, 1.807) is 4.90 Å². The molecular weight excluding hydrogens is 356 g/mol. The number of carboxylic acid groups (broad SMARTS) is 1. The predicted octanol–water partition coefficient (Wildman–Crippen LogP) is 3.53. The van der Waals surface area contributed by atoms with Crippen molar-refractivity contribution in [3.63, 3.8) is 0 Å². The molecule has 5 nitrogen and oxygen atoms in total. The number of halogens is 1. The summed E-state index contributed by atoms with van der Waals surface area (Å²) < 4.78 is 0.710. The molecule has 122 valence electrons. The molecule has 0 saturated carbocycles. The van der Waals surface area contributed by atoms with E-state index >= 15 is 0 Å². The first-order valence-corrected chi connectivity index (χ1v) is 9.31. The predicted molar refractivity (Wildman–Crippen MR) is 91.1 cm³/mol. The lowest BCUT2D eigenvalue weighted by Crippen LogP contribution is -2.37. The van der Waals surface area contributed by atoms with E-state index < -0.39 is 5.97 Å². The number of hydrogen-bond donors (Lipinski definition) is 1. The molecule has 23 heavy (non-hydrogen) atoms. The molecule has 0 aromatic carbocycles. The summed E-state index contributed by atoms with van der Waals surface area (Å²) in [4.78, 5) is 30.5. The minimum atomic E-state index is -0.861. The minimum Gasteiger partial charge on any atom is -0.481 e. The van der Waals surface area contributed by atoms with Crippen molar-refractivity contribution in [2.45, 2.75) is 31.7 Å². The molecule has 1 atom stereocenters. The van der Waals surface area contributed by atoms with Crippen LogP contribution in [0.5, 0.6) is 0 Å². The largest absolute Gasteiger partial charge is 0.481 e. The molecular formula is C15H15ClN2O3S2. The van der Waals surface area contributed by atoms with Gasteiger partial charge in [0.1, 0.15) is 5.01 Å². The first-order chi connectivity index (χ1) is 11.0. The lowest BCUT2D eigenvalue weighted by molar-refractivity contribution is -0.139. The van der Waals surface area contributed by atoms with Crippen LogP contribution in [-0.2, 0) is 16.0 Å². The second kappa shape index (κ2) is 6.98. The lowest BCUT2D eigenvalue weighted by atomic mass is 10.1. The van der Waals surface area contributed by atoms with Crippen molar-refractivity contribution < 1.29 is 14.7 Å². The minimum absolute atomic E-state index is 0.0156. The number of amides is 1. The molecule has 2 aromatic rings. The monoisotopic (exact) mass is 370 g/mol. The zero-order valence-electron chi connectivity index (χ0n) is 12.2. The van der Waals surface area contributed by atoms with Gasteiger partial charge >= 0.3 is 5.97 Å². The average molecular weight is 371 g/mol. The number of thiophene rings is 1. The molecule has 3 rings (SSSR count). The Labute approximate surface area is 146 Å². The molecule has 0 bridgehead atoms. The van der Waals surface area contributed by atoms with Crippen LogP contribution in [0.15, 0.2) is 17.5 Å². The second-order valence-electron chi connectivity index (χ2n) is 5.41. The van der Waals surface area contributed by atoms with E-state index in [2.05, 4.69) is 4.98 Å². The molecule has 1 aliphatic heterocycles. The number of nitrogens with zero attached hydrogens (tertiary/aromatic N) is 2. The lowest BCUT2D eigenvalue weighted by Gasteiger charge is -2.23. The van der Waals surface area contributed by atoms with Crippen LogP contribution >= 0.6 is 34.3 Å². The van der Waals surface area contributed by atoms with E-state index in [-0.39, 0.29) is 24.8 Å². The standard InChI is InChI=1S/C15H15ClN2O3S2/c16-12-4-3-11(23-12)15-17-9(8-22-15)6-13(19)18-5-1-2-10(18)7-14(20)21/h3-4,8,10H,1-2,5-7H2,(H,20,21). The summed E-state index contributed by atoms with van der Waals surface area (Å²) in [5.74, 6) is -0.907. The summed E-state index contributed by atoms with van der Waals surface area (Å²) in [6.45, 7) is 0.633. The third-order valence-corrected chi connectivity index (χ3v) is 6.07. The zero-order valence-corrected chi connectivity index (χ0v) is 14.6. The van der Waals surface area contributed by atoms with Crippen LogP contribution in [0.1, 0.15) is 25.0 Å². The van der Waals surface area contributed by atoms with Gasteiger partial charge < -0.3 is 10.0 Å². The Kier molecular flexibility index (Phi) is 4.99. The number of thiazole rings is 1. The Morgan fingerprint density at radius 3 is 2.96 bits per heavy atom. The quantitative estimate of drug-likeness (QED) is 0.873. The number of carbonyl (C=O) groups excluding carboxylic acids is 1. The molecule has 0 spiro atoms. The highest BCUT2D eigenvalue weighted by Crippen LogP contribution is 2.33. The fraction of sp³-hybridized carbons (Fsp3) is 0.400. The first-order valence-electron chi connectivity index (χ1n) is 7.24. The number of aromatic nitrogens is 1. The third kappa shape index (κ3) is 3.91. The van der Waals surface area contributed by atoms with E-state index in [0.717, 1.165) is 28.4 Å². The van der Waals surface area contributed by atoms with E-state index in [9.17, 15) is 9.59 Å². The van der Waals surface area contributed by atoms with Gasteiger partial charge in [0.15, 0.2) is 0 Å². The van der Waals surface area contributed by atoms with Crippen molar-refractivity contribution in [3.05, 3.63) is 27.5 Å². The van der Waals surface area contributed by atoms with Crippen LogP contribution in [0.25, 0.3) is 9.88 Å². The van der Waals surface area contributed by atoms with Gasteiger partial charge in [0.05, 0.1) is 27.7 Å². The summed E-state index contributed by atoms with van der Waals surface area (Å²) in [5, 5.41) is 11.7. The van der Waals surface area contributed by atoms with Gasteiger partial charge in [-0.1, -0.05) is 11.6 Å². The molecule has 0 aliphatic carbocycles. The number of hydrogen-bond acceptors (Lipinski definition) is 5. The Morgan fingerprint density at radius 2 is 2.26 bits per heavy atom. The van der Waals surface area contributed by atoms with Gasteiger partial charge in [0.25, 0.3) is 0 Å². The molecule has 1 N–H and O–H groups in total. The fourth-order valence-electron chi connectivity index (χ4n) is 2.76. The fourth-order valence-corrected chi connectivity index (χ4v) is 4.70. The number of likely N-dealkylation sites (tertiary alicyclic amines) is 1. The number of carboxylic acids is 1. The van der Waals surface area contributed by atoms with Gasteiger partial charge in [-0.3, -0.25) is 9.59 Å². The van der Waals surface area contributed by atoms with Crippen LogP contribution in [0, 0.1) is 0 Å². The zero-order chi connectivity index (χ0) is 16.4. The maximum atomic E-state index is 12.4. The SMILES string of the molecule is O=C(O)CC1CCCN1C(=O)Cc1csc(-c2ccc(Cl)s2)n1. The Bertz CT molecular complexity index is 728. The van der Waals surface area contributed by atoms with Gasteiger partial charge in [-0.05, 0) is 25.0 Å². The first kappa shape index (κ1) is 16.4. The molecule has 1 aliphatic rings. The second-order valence-corrected chi connectivity index (χ2v) is 7.98. The number of rotatable bonds is 5. The average Bonchev–Trinajstić information content (AvgIpc) is 3.18.